The van der Waals surface area contributed by atoms with Crippen LogP contribution >= 0.6 is 11.6 Å². The maximum Gasteiger partial charge on any atom is 0.337 e. The molecule has 1 amide bonds. The largest absolute Gasteiger partial charge is 0.478 e. The van der Waals surface area contributed by atoms with Crippen molar-refractivity contribution < 1.29 is 41.7 Å². The fourth-order valence-corrected chi connectivity index (χ4v) is 9.67. The van der Waals surface area contributed by atoms with Crippen molar-refractivity contribution in [3.63, 3.8) is 0 Å². The number of sulfonamides is 2. The molecule has 2 aromatic carbocycles. The number of rotatable bonds is 9. The van der Waals surface area contributed by atoms with Crippen molar-refractivity contribution in [1.29, 1.82) is 0 Å². The van der Waals surface area contributed by atoms with Crippen LogP contribution in [-0.4, -0.2) is 142 Å². The molecule has 4 aromatic heterocycles. The summed E-state index contributed by atoms with van der Waals surface area (Å²) in [6, 6.07) is 12.5. The van der Waals surface area contributed by atoms with E-state index in [1.807, 2.05) is 47.8 Å². The van der Waals surface area contributed by atoms with Gasteiger partial charge in [0.15, 0.2) is 11.3 Å². The molecule has 4 saturated heterocycles. The third-order valence-electron chi connectivity index (χ3n) is 12.0. The lowest BCUT2D eigenvalue weighted by Crippen LogP contribution is -2.51. The second kappa shape index (κ2) is 22.6. The number of fused-ring (bicyclic) bond motifs is 2. The average molecular weight is 1050 g/mol. The summed E-state index contributed by atoms with van der Waals surface area (Å²) in [7, 11) is -7.08. The number of aromatic carboxylic acids is 1. The highest BCUT2D eigenvalue weighted by Crippen LogP contribution is 2.35. The zero-order valence-corrected chi connectivity index (χ0v) is 42.7. The topological polar surface area (TPSA) is 330 Å². The van der Waals surface area contributed by atoms with Crippen LogP contribution in [0.5, 0.6) is 0 Å². The monoisotopic (exact) mass is 1050 g/mol. The number of benzene rings is 2. The molecule has 72 heavy (non-hydrogen) atoms. The molecule has 11 N–H and O–H groups in total. The molecule has 0 spiro atoms. The molecule has 4 aliphatic heterocycles. The van der Waals surface area contributed by atoms with E-state index in [1.54, 1.807) is 15.5 Å². The molecule has 8 heterocycles. The third kappa shape index (κ3) is 13.8. The minimum atomic E-state index is -3.58. The number of carbonyl (C=O) groups excluding carboxylic acids is 1. The van der Waals surface area contributed by atoms with Crippen molar-refractivity contribution in [2.45, 2.75) is 76.7 Å². The van der Waals surface area contributed by atoms with Crippen molar-refractivity contribution in [2.75, 3.05) is 77.6 Å². The maximum absolute atomic E-state index is 13.7. The van der Waals surface area contributed by atoms with Crippen LogP contribution in [0.3, 0.4) is 0 Å². The summed E-state index contributed by atoms with van der Waals surface area (Å²) in [6.07, 6.45) is 11.6. The second-order valence-corrected chi connectivity index (χ2v) is 22.1. The number of anilines is 5. The molecule has 0 bridgehead atoms. The smallest absolute Gasteiger partial charge is 0.337 e. The number of aryl methyl sites for hydroxylation is 2. The number of nitrogens with one attached hydrogen (secondary N) is 4. The summed E-state index contributed by atoms with van der Waals surface area (Å²) in [5.74, 6) is -0.722. The Bertz CT molecular complexity index is 3120. The lowest BCUT2D eigenvalue weighted by atomic mass is 9.97. The number of β-amino-alcohol motifs (C(OH)–C–C–N with tert-alkyl or cyclic N) is 2. The van der Waals surface area contributed by atoms with Gasteiger partial charge in [0.2, 0.25) is 20.0 Å². The Morgan fingerprint density at radius 3 is 1.86 bits per heavy atom. The molecule has 4 fully saturated rings. The van der Waals surface area contributed by atoms with Crippen LogP contribution in [-0.2, 0) is 20.0 Å². The number of aliphatic hydroxyl groups excluding tert-OH is 2. The highest BCUT2D eigenvalue weighted by Gasteiger charge is 2.33. The second-order valence-electron chi connectivity index (χ2n) is 18.3. The summed E-state index contributed by atoms with van der Waals surface area (Å²) in [5.41, 5.74) is 17.4. The Morgan fingerprint density at radius 2 is 1.31 bits per heavy atom. The zero-order chi connectivity index (χ0) is 52.1. The number of nitrogens with two attached hydrogens (primary N) is 2. The standard InChI is InChI=1S/C23H29N7O4S.C12H15ClN4.C8H10N2O4S.C3H7NO/c1-14-11-30-21(25-22(14)28-12-16(31)13-28)10-19(26-30)20-5-3-4-8-29(20)23(32)17-9-15(24)6-7-18(17)27-35(2,33)34;1-8-7-17-11(15-12(8)13)6-10(16-17)9-4-2-3-5-14-9;1-15(13,14)10-7-3-2-5(9)4-6(7)8(11)12;5-3-1-4-2-3/h6-7,9-11,16,20,27,31H,3-5,8,12-13,24H2,1-2H3;6-7,9,14H,2-5H2,1H3;2-4,10H,9H2,1H3,(H,11,12);3-5H,1-2H2/t20-;9-;;/m00../s1. The summed E-state index contributed by atoms with van der Waals surface area (Å²) >= 11 is 6.01. The zero-order valence-electron chi connectivity index (χ0n) is 40.3. The van der Waals surface area contributed by atoms with Crippen LogP contribution in [0, 0.1) is 13.8 Å². The van der Waals surface area contributed by atoms with Gasteiger partial charge < -0.3 is 47.2 Å². The molecule has 0 saturated carbocycles. The maximum atomic E-state index is 13.7. The molecule has 23 nitrogen and oxygen atoms in total. The van der Waals surface area contributed by atoms with Crippen molar-refractivity contribution in [3.8, 4) is 0 Å². The minimum Gasteiger partial charge on any atom is -0.478 e. The molecule has 0 radical (unpaired) electrons. The Morgan fingerprint density at radius 1 is 0.750 bits per heavy atom. The normalized spacial score (nSPS) is 18.3. The molecule has 4 aliphatic rings. The van der Waals surface area contributed by atoms with E-state index in [0.717, 1.165) is 91.8 Å². The van der Waals surface area contributed by atoms with Crippen LogP contribution in [0.1, 0.15) is 93.8 Å². The summed E-state index contributed by atoms with van der Waals surface area (Å²) in [6.45, 7) is 8.19. The van der Waals surface area contributed by atoms with E-state index < -0.39 is 26.0 Å². The van der Waals surface area contributed by atoms with E-state index >= 15 is 0 Å². The van der Waals surface area contributed by atoms with E-state index in [2.05, 4.69) is 30.2 Å². The van der Waals surface area contributed by atoms with Crippen LogP contribution in [0.15, 0.2) is 60.9 Å². The predicted molar refractivity (Wildman–Crippen MR) is 275 cm³/mol. The van der Waals surface area contributed by atoms with Crippen LogP contribution in [0.4, 0.5) is 28.6 Å². The number of hydrogen-bond donors (Lipinski definition) is 9. The predicted octanol–water partition coefficient (Wildman–Crippen LogP) is 3.33. The molecule has 0 aliphatic carbocycles. The van der Waals surface area contributed by atoms with Gasteiger partial charge >= 0.3 is 5.97 Å². The number of nitrogens with zero attached hydrogens (tertiary/aromatic N) is 8. The summed E-state index contributed by atoms with van der Waals surface area (Å²) in [4.78, 5) is 37.3. The first-order chi connectivity index (χ1) is 34.0. The number of aromatic nitrogens is 6. The molecular formula is C46H61ClN14O9S2. The molecule has 388 valence electrons. The fraction of sp³-hybridized carbons (Fsp3) is 0.435. The van der Waals surface area contributed by atoms with Gasteiger partial charge in [0.05, 0.1) is 70.7 Å². The van der Waals surface area contributed by atoms with Gasteiger partial charge in [-0.15, -0.1) is 0 Å². The SMILES string of the molecule is CS(=O)(=O)Nc1ccc(N)cc1C(=O)O.Cc1cn2nc([C@@H]3CCCCN3)cc2nc1Cl.Cc1cn2nc([C@@H]3CCCCN3C(=O)c3cc(N)ccc3NS(C)(=O)=O)cc2nc1N1CC(O)C1.OC1CNC1. The van der Waals surface area contributed by atoms with E-state index in [1.165, 1.54) is 43.2 Å². The number of nitrogen functional groups attached to an aromatic ring is 2. The minimum absolute atomic E-state index is 0.000741. The van der Waals surface area contributed by atoms with Crippen LogP contribution < -0.4 is 36.4 Å². The van der Waals surface area contributed by atoms with Gasteiger partial charge in [-0.3, -0.25) is 14.2 Å². The number of likely N-dealkylation sites (tertiary alicyclic amines) is 1. The van der Waals surface area contributed by atoms with E-state index in [0.29, 0.717) is 42.2 Å². The number of aliphatic hydroxyl groups is 2. The lowest BCUT2D eigenvalue weighted by molar-refractivity contribution is 0.0606. The number of carbonyl (C=O) groups is 2. The van der Waals surface area contributed by atoms with Gasteiger partial charge in [-0.05, 0) is 88.9 Å². The average Bonchev–Trinajstić information content (AvgIpc) is 3.91. The highest BCUT2D eigenvalue weighted by atomic mass is 35.5. The first-order valence-corrected chi connectivity index (χ1v) is 27.4. The van der Waals surface area contributed by atoms with Crippen molar-refractivity contribution in [2.24, 2.45) is 0 Å². The van der Waals surface area contributed by atoms with Gasteiger partial charge in [-0.25, -0.2) is 40.6 Å². The number of hydrogen-bond acceptors (Lipinski definition) is 17. The number of piperidine rings is 2. The molecule has 0 unspecified atom stereocenters. The van der Waals surface area contributed by atoms with Gasteiger partial charge in [-0.2, -0.15) is 10.2 Å². The van der Waals surface area contributed by atoms with E-state index in [-0.39, 0.29) is 52.3 Å². The molecule has 10 rings (SSSR count). The highest BCUT2D eigenvalue weighted by molar-refractivity contribution is 7.92. The Hall–Kier alpha value is -6.35. The van der Waals surface area contributed by atoms with Gasteiger partial charge in [0.1, 0.15) is 11.0 Å². The lowest BCUT2D eigenvalue weighted by Gasteiger charge is -2.37. The van der Waals surface area contributed by atoms with Gasteiger partial charge in [-0.1, -0.05) is 18.0 Å². The Balaban J connectivity index is 0.000000169. The Kier molecular flexibility index (Phi) is 16.8. The quantitative estimate of drug-likeness (QED) is 0.0741. The van der Waals surface area contributed by atoms with Crippen LogP contribution in [0.2, 0.25) is 5.15 Å². The van der Waals surface area contributed by atoms with Gasteiger partial charge in [0, 0.05) is 79.8 Å². The Labute approximate surface area is 422 Å². The van der Waals surface area contributed by atoms with Crippen molar-refractivity contribution in [1.82, 2.24) is 44.7 Å². The number of halogens is 1. The third-order valence-corrected chi connectivity index (χ3v) is 13.6. The van der Waals surface area contributed by atoms with Crippen molar-refractivity contribution in [3.05, 3.63) is 99.7 Å². The first-order valence-electron chi connectivity index (χ1n) is 23.2. The number of carboxylic acid groups (broad SMARTS) is 1. The van der Waals surface area contributed by atoms with Gasteiger partial charge in [0.25, 0.3) is 5.91 Å². The summed E-state index contributed by atoms with van der Waals surface area (Å²) < 4.78 is 53.6. The number of amides is 1. The number of carboxylic acids is 1. The fourth-order valence-electron chi connectivity index (χ4n) is 8.38. The van der Waals surface area contributed by atoms with Crippen molar-refractivity contribution >= 4 is 83.4 Å². The van der Waals surface area contributed by atoms with E-state index in [9.17, 15) is 31.5 Å². The molecule has 6 aromatic rings. The van der Waals surface area contributed by atoms with Crippen LogP contribution in [0.25, 0.3) is 11.3 Å². The molecular weight excluding hydrogens is 992 g/mol. The molecule has 26 heteroatoms. The molecule has 2 atom stereocenters. The van der Waals surface area contributed by atoms with E-state index in [4.69, 9.17) is 43.4 Å². The first kappa shape index (κ1) is 53.4. The summed E-state index contributed by atoms with van der Waals surface area (Å²) in [5, 5.41) is 43.1.